The number of carbonyl (C=O) groups is 2. The van der Waals surface area contributed by atoms with Crippen LogP contribution in [0.5, 0.6) is 11.5 Å². The van der Waals surface area contributed by atoms with Gasteiger partial charge in [0.15, 0.2) is 11.5 Å². The molecule has 194 valence electrons. The van der Waals surface area contributed by atoms with Crippen molar-refractivity contribution in [3.63, 3.8) is 0 Å². The summed E-state index contributed by atoms with van der Waals surface area (Å²) < 4.78 is 10.8. The number of ether oxygens (including phenoxy) is 2. The first-order valence-corrected chi connectivity index (χ1v) is 12.5. The van der Waals surface area contributed by atoms with Crippen molar-refractivity contribution in [1.82, 2.24) is 10.6 Å². The second-order valence-corrected chi connectivity index (χ2v) is 9.82. The molecule has 0 fully saturated rings. The summed E-state index contributed by atoms with van der Waals surface area (Å²) in [4.78, 5) is 26.6. The number of rotatable bonds is 11. The monoisotopic (exact) mass is 496 g/mol. The summed E-state index contributed by atoms with van der Waals surface area (Å²) in [5, 5.41) is 25.2. The fraction of sp³-hybridized carbons (Fsp3) is 0.481. The zero-order valence-corrected chi connectivity index (χ0v) is 21.5. The molecular formula is C27H37BN2O6. The number of hydrogen-bond donors (Lipinski definition) is 4. The first kappa shape index (κ1) is 27.6. The Kier molecular flexibility index (Phi) is 9.78. The van der Waals surface area contributed by atoms with Gasteiger partial charge in [-0.1, -0.05) is 44.2 Å². The summed E-state index contributed by atoms with van der Waals surface area (Å²) in [7, 11) is 1.49. The Balaban J connectivity index is 1.76. The molecule has 0 aromatic heterocycles. The summed E-state index contributed by atoms with van der Waals surface area (Å²) in [5.41, 5.74) is 3.06. The molecule has 0 aliphatic heterocycles. The first-order chi connectivity index (χ1) is 17.2. The van der Waals surface area contributed by atoms with E-state index in [2.05, 4.69) is 10.6 Å². The van der Waals surface area contributed by atoms with E-state index in [0.717, 1.165) is 23.1 Å². The first-order valence-electron chi connectivity index (χ1n) is 12.5. The third kappa shape index (κ3) is 7.24. The van der Waals surface area contributed by atoms with Crippen LogP contribution in [-0.4, -0.2) is 55.2 Å². The summed E-state index contributed by atoms with van der Waals surface area (Å²) in [5.74, 6) is -0.311. The van der Waals surface area contributed by atoms with Gasteiger partial charge in [0.1, 0.15) is 6.04 Å². The van der Waals surface area contributed by atoms with Crippen LogP contribution in [0.15, 0.2) is 42.5 Å². The van der Waals surface area contributed by atoms with E-state index >= 15 is 0 Å². The van der Waals surface area contributed by atoms with Crippen molar-refractivity contribution in [2.75, 3.05) is 14.2 Å². The standard InChI is InChI=1S/C27H37BN2O6/c1-17(2)12-25(28(33)34)30-27(32)22(13-18-8-6-5-7-9-18)29-26(31)20-11-10-19-15-23(35-3)24(36-4)16-21(19)14-20/h5-9,15-17,20,22,25,33-34H,10-14H2,1-4H3,(H,29,31)(H,30,32)/t20?,22-,25?/m0/s1. The van der Waals surface area contributed by atoms with Crippen molar-refractivity contribution in [1.29, 1.82) is 0 Å². The SMILES string of the molecule is COc1cc2c(cc1OC)CC(C(=O)N[C@@H](Cc1ccccc1)C(=O)NC(CC(C)C)B(O)O)CC2. The predicted molar refractivity (Wildman–Crippen MR) is 139 cm³/mol. The number of aryl methyl sites for hydroxylation is 1. The van der Waals surface area contributed by atoms with Crippen molar-refractivity contribution in [2.24, 2.45) is 11.8 Å². The quantitative estimate of drug-likeness (QED) is 0.354. The second-order valence-electron chi connectivity index (χ2n) is 9.82. The summed E-state index contributed by atoms with van der Waals surface area (Å²) in [6, 6.07) is 12.5. The van der Waals surface area contributed by atoms with Crippen LogP contribution in [0.2, 0.25) is 0 Å². The number of nitrogens with one attached hydrogen (secondary N) is 2. The molecule has 0 spiro atoms. The Hall–Kier alpha value is -3.04. The highest BCUT2D eigenvalue weighted by Crippen LogP contribution is 2.35. The zero-order chi connectivity index (χ0) is 26.2. The smallest absolute Gasteiger partial charge is 0.475 e. The molecule has 0 saturated carbocycles. The average Bonchev–Trinajstić information content (AvgIpc) is 2.86. The highest BCUT2D eigenvalue weighted by atomic mass is 16.5. The molecule has 1 aliphatic rings. The maximum atomic E-state index is 13.3. The lowest BCUT2D eigenvalue weighted by Crippen LogP contribution is -2.55. The Labute approximate surface area is 213 Å². The van der Waals surface area contributed by atoms with Gasteiger partial charge in [-0.2, -0.15) is 0 Å². The van der Waals surface area contributed by atoms with Crippen molar-refractivity contribution < 1.29 is 29.1 Å². The van der Waals surface area contributed by atoms with E-state index in [0.29, 0.717) is 37.2 Å². The Morgan fingerprint density at radius 3 is 2.25 bits per heavy atom. The fourth-order valence-corrected chi connectivity index (χ4v) is 4.70. The molecule has 3 atom stereocenters. The van der Waals surface area contributed by atoms with Crippen molar-refractivity contribution in [3.8, 4) is 11.5 Å². The molecule has 3 rings (SSSR count). The number of amides is 2. The molecular weight excluding hydrogens is 459 g/mol. The van der Waals surface area contributed by atoms with Crippen LogP contribution in [-0.2, 0) is 28.9 Å². The van der Waals surface area contributed by atoms with Gasteiger partial charge >= 0.3 is 7.12 Å². The van der Waals surface area contributed by atoms with E-state index in [1.54, 1.807) is 14.2 Å². The zero-order valence-electron chi connectivity index (χ0n) is 21.5. The van der Waals surface area contributed by atoms with E-state index in [4.69, 9.17) is 9.47 Å². The van der Waals surface area contributed by atoms with Gasteiger partial charge in [0.25, 0.3) is 0 Å². The molecule has 0 radical (unpaired) electrons. The lowest BCUT2D eigenvalue weighted by Gasteiger charge is -2.28. The minimum Gasteiger partial charge on any atom is -0.493 e. The fourth-order valence-electron chi connectivity index (χ4n) is 4.70. The Morgan fingerprint density at radius 2 is 1.67 bits per heavy atom. The number of methoxy groups -OCH3 is 2. The highest BCUT2D eigenvalue weighted by Gasteiger charge is 2.32. The maximum Gasteiger partial charge on any atom is 0.475 e. The molecule has 1 aliphatic carbocycles. The third-order valence-electron chi connectivity index (χ3n) is 6.63. The normalized spacial score (nSPS) is 16.5. The lowest BCUT2D eigenvalue weighted by molar-refractivity contribution is -0.131. The summed E-state index contributed by atoms with van der Waals surface area (Å²) in [6.07, 6.45) is 2.60. The lowest BCUT2D eigenvalue weighted by atomic mass is 9.75. The van der Waals surface area contributed by atoms with Crippen LogP contribution in [0, 0.1) is 11.8 Å². The molecule has 9 heteroatoms. The average molecular weight is 496 g/mol. The van der Waals surface area contributed by atoms with Crippen LogP contribution in [0.25, 0.3) is 0 Å². The van der Waals surface area contributed by atoms with E-state index in [1.165, 1.54) is 0 Å². The van der Waals surface area contributed by atoms with E-state index in [9.17, 15) is 19.6 Å². The van der Waals surface area contributed by atoms with Gasteiger partial charge < -0.3 is 30.2 Å². The van der Waals surface area contributed by atoms with Crippen LogP contribution in [0.4, 0.5) is 0 Å². The van der Waals surface area contributed by atoms with Gasteiger partial charge in [-0.05, 0) is 60.4 Å². The maximum absolute atomic E-state index is 13.3. The van der Waals surface area contributed by atoms with Crippen LogP contribution in [0.1, 0.15) is 43.4 Å². The molecule has 2 amide bonds. The molecule has 4 N–H and O–H groups in total. The highest BCUT2D eigenvalue weighted by molar-refractivity contribution is 6.43. The Bertz CT molecular complexity index is 1030. The van der Waals surface area contributed by atoms with E-state index in [1.807, 2.05) is 56.3 Å². The molecule has 2 unspecified atom stereocenters. The van der Waals surface area contributed by atoms with Gasteiger partial charge in [-0.15, -0.1) is 0 Å². The van der Waals surface area contributed by atoms with Crippen molar-refractivity contribution in [3.05, 3.63) is 59.2 Å². The summed E-state index contributed by atoms with van der Waals surface area (Å²) >= 11 is 0. The number of fused-ring (bicyclic) bond motifs is 1. The van der Waals surface area contributed by atoms with E-state index < -0.39 is 25.0 Å². The number of benzene rings is 2. The predicted octanol–water partition coefficient (Wildman–Crippen LogP) is 2.08. The number of carbonyl (C=O) groups excluding carboxylic acids is 2. The number of hydrogen-bond acceptors (Lipinski definition) is 6. The topological polar surface area (TPSA) is 117 Å². The van der Waals surface area contributed by atoms with Gasteiger partial charge in [0.2, 0.25) is 11.8 Å². The van der Waals surface area contributed by atoms with Gasteiger partial charge in [-0.3, -0.25) is 9.59 Å². The van der Waals surface area contributed by atoms with Gasteiger partial charge in [0.05, 0.1) is 20.2 Å². The molecule has 8 nitrogen and oxygen atoms in total. The minimum atomic E-state index is -1.69. The van der Waals surface area contributed by atoms with E-state index in [-0.39, 0.29) is 17.7 Å². The summed E-state index contributed by atoms with van der Waals surface area (Å²) in [6.45, 7) is 3.88. The molecule has 0 saturated heterocycles. The molecule has 2 aromatic rings. The van der Waals surface area contributed by atoms with Gasteiger partial charge in [-0.25, -0.2) is 0 Å². The minimum absolute atomic E-state index is 0.150. The molecule has 0 bridgehead atoms. The third-order valence-corrected chi connectivity index (χ3v) is 6.63. The van der Waals surface area contributed by atoms with Crippen LogP contribution in [0.3, 0.4) is 0 Å². The van der Waals surface area contributed by atoms with Crippen LogP contribution >= 0.6 is 0 Å². The van der Waals surface area contributed by atoms with Crippen LogP contribution < -0.4 is 20.1 Å². The Morgan fingerprint density at radius 1 is 1.03 bits per heavy atom. The van der Waals surface area contributed by atoms with Crippen molar-refractivity contribution in [2.45, 2.75) is 57.9 Å². The molecule has 2 aromatic carbocycles. The molecule has 36 heavy (non-hydrogen) atoms. The second kappa shape index (κ2) is 12.8. The van der Waals surface area contributed by atoms with Crippen molar-refractivity contribution >= 4 is 18.9 Å². The largest absolute Gasteiger partial charge is 0.493 e. The molecule has 0 heterocycles. The van der Waals surface area contributed by atoms with Gasteiger partial charge in [0, 0.05) is 12.3 Å².